The highest BCUT2D eigenvalue weighted by Crippen LogP contribution is 2.25. The van der Waals surface area contributed by atoms with Crippen molar-refractivity contribution in [2.75, 3.05) is 14.2 Å². The molecular weight excluding hydrogens is 277 g/mol. The Kier molecular flexibility index (Phi) is 4.37. The summed E-state index contributed by atoms with van der Waals surface area (Å²) in [6.07, 6.45) is 1.71. The van der Waals surface area contributed by atoms with Crippen LogP contribution < -0.4 is 10.3 Å². The van der Waals surface area contributed by atoms with Gasteiger partial charge in [0.25, 0.3) is 5.56 Å². The van der Waals surface area contributed by atoms with Gasteiger partial charge in [-0.05, 0) is 18.2 Å². The summed E-state index contributed by atoms with van der Waals surface area (Å²) >= 11 is 0. The Morgan fingerprint density at radius 1 is 1.29 bits per heavy atom. The highest BCUT2D eigenvalue weighted by molar-refractivity contribution is 5.90. The van der Waals surface area contributed by atoms with Crippen molar-refractivity contribution in [1.82, 2.24) is 4.98 Å². The second kappa shape index (κ2) is 6.21. The number of benzene rings is 1. The number of carbonyl (C=O) groups excluding carboxylic acids is 1. The summed E-state index contributed by atoms with van der Waals surface area (Å²) in [6.45, 7) is 0. The number of H-pyrrole nitrogens is 1. The van der Waals surface area contributed by atoms with E-state index < -0.39 is 11.8 Å². The highest BCUT2D eigenvalue weighted by atomic mass is 19.1. The minimum Gasteiger partial charge on any atom is -0.496 e. The number of esters is 1. The second-order valence-electron chi connectivity index (χ2n) is 4.34. The van der Waals surface area contributed by atoms with Gasteiger partial charge in [-0.15, -0.1) is 0 Å². The van der Waals surface area contributed by atoms with E-state index in [-0.39, 0.29) is 17.5 Å². The monoisotopic (exact) mass is 291 g/mol. The van der Waals surface area contributed by atoms with Crippen molar-refractivity contribution < 1.29 is 18.7 Å². The van der Waals surface area contributed by atoms with Crippen LogP contribution in [0.2, 0.25) is 0 Å². The molecule has 0 bridgehead atoms. The Balaban J connectivity index is 2.45. The zero-order valence-corrected chi connectivity index (χ0v) is 11.6. The van der Waals surface area contributed by atoms with Crippen molar-refractivity contribution >= 4 is 5.97 Å². The summed E-state index contributed by atoms with van der Waals surface area (Å²) in [5, 5.41) is 0. The molecular formula is C15H14FNO4. The van der Waals surface area contributed by atoms with Crippen molar-refractivity contribution in [1.29, 1.82) is 0 Å². The standard InChI is InChI=1S/C15H14FNO4/c1-20-13-8-11(15(19)21-2)12(16)7-10(13)6-9-4-3-5-17-14(9)18/h3-5,7-8H,6H2,1-2H3,(H,17,18). The van der Waals surface area contributed by atoms with E-state index in [2.05, 4.69) is 9.72 Å². The summed E-state index contributed by atoms with van der Waals surface area (Å²) in [5.41, 5.74) is 0.484. The van der Waals surface area contributed by atoms with Crippen LogP contribution in [0.25, 0.3) is 0 Å². The third-order valence-corrected chi connectivity index (χ3v) is 3.06. The fraction of sp³-hybridized carbons (Fsp3) is 0.200. The number of methoxy groups -OCH3 is 2. The molecule has 0 aliphatic rings. The average molecular weight is 291 g/mol. The molecule has 0 radical (unpaired) electrons. The SMILES string of the molecule is COC(=O)c1cc(OC)c(Cc2ccc[nH]c2=O)cc1F. The van der Waals surface area contributed by atoms with E-state index in [1.807, 2.05) is 0 Å². The molecule has 1 aromatic carbocycles. The fourth-order valence-electron chi connectivity index (χ4n) is 1.99. The van der Waals surface area contributed by atoms with Crippen LogP contribution in [-0.4, -0.2) is 25.2 Å². The number of nitrogens with one attached hydrogen (secondary N) is 1. The third-order valence-electron chi connectivity index (χ3n) is 3.06. The van der Waals surface area contributed by atoms with Gasteiger partial charge in [-0.25, -0.2) is 9.18 Å². The predicted molar refractivity (Wildman–Crippen MR) is 74.2 cm³/mol. The number of ether oxygens (including phenoxy) is 2. The van der Waals surface area contributed by atoms with Crippen LogP contribution in [0.3, 0.4) is 0 Å². The van der Waals surface area contributed by atoms with E-state index in [1.54, 1.807) is 12.1 Å². The summed E-state index contributed by atoms with van der Waals surface area (Å²) in [5.74, 6) is -1.18. The smallest absolute Gasteiger partial charge is 0.340 e. The van der Waals surface area contributed by atoms with Gasteiger partial charge >= 0.3 is 5.97 Å². The normalized spacial score (nSPS) is 10.2. The molecule has 0 fully saturated rings. The van der Waals surface area contributed by atoms with E-state index in [1.165, 1.54) is 32.5 Å². The van der Waals surface area contributed by atoms with Crippen molar-refractivity contribution in [3.05, 3.63) is 63.3 Å². The van der Waals surface area contributed by atoms with Gasteiger partial charge in [-0.1, -0.05) is 6.07 Å². The summed E-state index contributed by atoms with van der Waals surface area (Å²) in [7, 11) is 2.58. The molecule has 5 nitrogen and oxygen atoms in total. The molecule has 2 aromatic rings. The van der Waals surface area contributed by atoms with Crippen LogP contribution in [0.15, 0.2) is 35.3 Å². The van der Waals surface area contributed by atoms with Gasteiger partial charge in [-0.3, -0.25) is 4.79 Å². The van der Waals surface area contributed by atoms with Crippen LogP contribution in [-0.2, 0) is 11.2 Å². The van der Waals surface area contributed by atoms with Crippen molar-refractivity contribution in [3.8, 4) is 5.75 Å². The first-order chi connectivity index (χ1) is 10.1. The molecule has 0 aliphatic heterocycles. The molecule has 0 amide bonds. The van der Waals surface area contributed by atoms with Gasteiger partial charge in [0.2, 0.25) is 0 Å². The van der Waals surface area contributed by atoms with E-state index in [0.29, 0.717) is 16.9 Å². The van der Waals surface area contributed by atoms with Crippen LogP contribution in [0.1, 0.15) is 21.5 Å². The number of pyridine rings is 1. The largest absolute Gasteiger partial charge is 0.496 e. The van der Waals surface area contributed by atoms with Crippen molar-refractivity contribution in [2.24, 2.45) is 0 Å². The van der Waals surface area contributed by atoms with E-state index in [4.69, 9.17) is 4.74 Å². The molecule has 0 saturated carbocycles. The molecule has 0 saturated heterocycles. The number of rotatable bonds is 4. The Morgan fingerprint density at radius 2 is 2.05 bits per heavy atom. The topological polar surface area (TPSA) is 68.4 Å². The lowest BCUT2D eigenvalue weighted by Gasteiger charge is -2.11. The van der Waals surface area contributed by atoms with Gasteiger partial charge in [0.1, 0.15) is 11.6 Å². The third kappa shape index (κ3) is 3.10. The number of aromatic nitrogens is 1. The minimum absolute atomic E-state index is 0.192. The first-order valence-electron chi connectivity index (χ1n) is 6.18. The second-order valence-corrected chi connectivity index (χ2v) is 4.34. The molecule has 21 heavy (non-hydrogen) atoms. The summed E-state index contributed by atoms with van der Waals surface area (Å²) < 4.78 is 23.6. The number of aromatic amines is 1. The Hall–Kier alpha value is -2.63. The van der Waals surface area contributed by atoms with E-state index >= 15 is 0 Å². The summed E-state index contributed by atoms with van der Waals surface area (Å²) in [6, 6.07) is 5.78. The van der Waals surface area contributed by atoms with Crippen LogP contribution >= 0.6 is 0 Å². The maximum atomic E-state index is 14.0. The molecule has 110 valence electrons. The number of hydrogen-bond acceptors (Lipinski definition) is 4. The zero-order valence-electron chi connectivity index (χ0n) is 11.6. The minimum atomic E-state index is -0.782. The van der Waals surface area contributed by atoms with Crippen LogP contribution in [0, 0.1) is 5.82 Å². The van der Waals surface area contributed by atoms with E-state index in [0.717, 1.165) is 0 Å². The molecule has 2 rings (SSSR count). The van der Waals surface area contributed by atoms with Crippen LogP contribution in [0.4, 0.5) is 4.39 Å². The fourth-order valence-corrected chi connectivity index (χ4v) is 1.99. The van der Waals surface area contributed by atoms with E-state index in [9.17, 15) is 14.0 Å². The van der Waals surface area contributed by atoms with Gasteiger partial charge in [0, 0.05) is 23.7 Å². The lowest BCUT2D eigenvalue weighted by atomic mass is 10.0. The average Bonchev–Trinajstić information content (AvgIpc) is 2.49. The lowest BCUT2D eigenvalue weighted by Crippen LogP contribution is -2.12. The molecule has 6 heteroatoms. The van der Waals surface area contributed by atoms with Gasteiger partial charge in [0.05, 0.1) is 19.8 Å². The maximum Gasteiger partial charge on any atom is 0.340 e. The van der Waals surface area contributed by atoms with Gasteiger partial charge in [0.15, 0.2) is 0 Å². The Labute approximate surface area is 120 Å². The van der Waals surface area contributed by atoms with Gasteiger partial charge in [-0.2, -0.15) is 0 Å². The highest BCUT2D eigenvalue weighted by Gasteiger charge is 2.17. The molecule has 1 aromatic heterocycles. The number of halogens is 1. The Bertz CT molecular complexity index is 724. The zero-order chi connectivity index (χ0) is 15.4. The Morgan fingerprint density at radius 3 is 2.67 bits per heavy atom. The molecule has 0 aliphatic carbocycles. The van der Waals surface area contributed by atoms with Crippen molar-refractivity contribution in [3.63, 3.8) is 0 Å². The van der Waals surface area contributed by atoms with Gasteiger partial charge < -0.3 is 14.5 Å². The van der Waals surface area contributed by atoms with Crippen molar-refractivity contribution in [2.45, 2.75) is 6.42 Å². The number of carbonyl (C=O) groups is 1. The lowest BCUT2D eigenvalue weighted by molar-refractivity contribution is 0.0595. The first kappa shape index (κ1) is 14.8. The molecule has 1 N–H and O–H groups in total. The molecule has 1 heterocycles. The van der Waals surface area contributed by atoms with Crippen LogP contribution in [0.5, 0.6) is 5.75 Å². The molecule has 0 atom stereocenters. The molecule has 0 unspecified atom stereocenters. The summed E-state index contributed by atoms with van der Waals surface area (Å²) in [4.78, 5) is 25.7. The molecule has 0 spiro atoms. The quantitative estimate of drug-likeness (QED) is 0.874. The first-order valence-corrected chi connectivity index (χ1v) is 6.18. The maximum absolute atomic E-state index is 14.0. The number of hydrogen-bond donors (Lipinski definition) is 1. The predicted octanol–water partition coefficient (Wildman–Crippen LogP) is 1.90.